The van der Waals surface area contributed by atoms with Gasteiger partial charge >= 0.3 is 6.09 Å². The van der Waals surface area contributed by atoms with E-state index in [0.717, 1.165) is 0 Å². The predicted octanol–water partition coefficient (Wildman–Crippen LogP) is 5.67. The van der Waals surface area contributed by atoms with Crippen LogP contribution in [0.4, 0.5) is 4.79 Å². The summed E-state index contributed by atoms with van der Waals surface area (Å²) < 4.78 is 42.0. The van der Waals surface area contributed by atoms with Gasteiger partial charge in [-0.05, 0) is 78.1 Å². The van der Waals surface area contributed by atoms with Gasteiger partial charge in [0.2, 0.25) is 0 Å². The van der Waals surface area contributed by atoms with Crippen molar-refractivity contribution in [3.8, 4) is 5.69 Å². The molecule has 2 heterocycles. The van der Waals surface area contributed by atoms with Crippen molar-refractivity contribution in [2.75, 3.05) is 13.1 Å². The molecule has 1 atom stereocenters. The second kappa shape index (κ2) is 9.36. The Hall–Kier alpha value is -3.35. The van der Waals surface area contributed by atoms with Crippen molar-refractivity contribution in [3.63, 3.8) is 0 Å². The molecule has 1 aliphatic heterocycles. The number of amides is 2. The topological polar surface area (TPSA) is 76.5 Å². The molecule has 0 aliphatic carbocycles. The number of benzene rings is 2. The normalized spacial score (nSPS) is 18.5. The number of hydrogen-bond acceptors (Lipinski definition) is 4. The van der Waals surface area contributed by atoms with Crippen molar-refractivity contribution >= 4 is 22.9 Å². The SMILES string of the molecule is [2H]c1c([2H])c(-n2cc3cccc(C(=O)NC(C)(C)C)c3n2)c([2H])c([2H])c1C1CCCN(C(=O)OC(C)(C)C)C1. The van der Waals surface area contributed by atoms with E-state index in [2.05, 4.69) is 10.4 Å². The minimum Gasteiger partial charge on any atom is -0.444 e. The minimum atomic E-state index is -0.643. The zero-order valence-electron chi connectivity index (χ0n) is 25.3. The fourth-order valence-electron chi connectivity index (χ4n) is 4.09. The van der Waals surface area contributed by atoms with Gasteiger partial charge in [0.15, 0.2) is 0 Å². The van der Waals surface area contributed by atoms with E-state index < -0.39 is 17.2 Å². The number of ether oxygens (including phenoxy) is 1. The van der Waals surface area contributed by atoms with E-state index in [1.807, 2.05) is 20.8 Å². The minimum absolute atomic E-state index is 0.00642. The van der Waals surface area contributed by atoms with Gasteiger partial charge in [-0.3, -0.25) is 4.79 Å². The number of carbonyl (C=O) groups excluding carboxylic acids is 2. The summed E-state index contributed by atoms with van der Waals surface area (Å²) in [5.41, 5.74) is -0.0385. The van der Waals surface area contributed by atoms with Crippen molar-refractivity contribution in [2.45, 2.75) is 71.4 Å². The summed E-state index contributed by atoms with van der Waals surface area (Å²) in [6.07, 6.45) is 2.45. The van der Waals surface area contributed by atoms with Crippen molar-refractivity contribution in [1.29, 1.82) is 0 Å². The molecular formula is C28H36N4O3. The molecule has 186 valence electrons. The molecule has 7 heteroatoms. The summed E-state index contributed by atoms with van der Waals surface area (Å²) in [7, 11) is 0. The lowest BCUT2D eigenvalue weighted by molar-refractivity contribution is 0.0198. The first-order chi connectivity index (χ1) is 18.1. The van der Waals surface area contributed by atoms with Gasteiger partial charge < -0.3 is 15.0 Å². The number of carbonyl (C=O) groups is 2. The highest BCUT2D eigenvalue weighted by atomic mass is 16.6. The number of aromatic nitrogens is 2. The van der Waals surface area contributed by atoms with Crippen LogP contribution >= 0.6 is 0 Å². The monoisotopic (exact) mass is 480 g/mol. The van der Waals surface area contributed by atoms with Gasteiger partial charge in [-0.2, -0.15) is 5.10 Å². The molecule has 3 aromatic rings. The van der Waals surface area contributed by atoms with Gasteiger partial charge in [-0.25, -0.2) is 9.48 Å². The lowest BCUT2D eigenvalue weighted by atomic mass is 9.91. The first kappa shape index (κ1) is 19.9. The average molecular weight is 481 g/mol. The van der Waals surface area contributed by atoms with Crippen LogP contribution in [0.3, 0.4) is 0 Å². The van der Waals surface area contributed by atoms with E-state index in [1.165, 1.54) is 4.68 Å². The lowest BCUT2D eigenvalue weighted by Crippen LogP contribution is -2.42. The molecule has 1 aromatic heterocycles. The van der Waals surface area contributed by atoms with Gasteiger partial charge in [0.25, 0.3) is 5.91 Å². The van der Waals surface area contributed by atoms with Gasteiger partial charge in [0.1, 0.15) is 11.1 Å². The Kier molecular flexibility index (Phi) is 5.32. The Morgan fingerprint density at radius 2 is 1.83 bits per heavy atom. The predicted molar refractivity (Wildman–Crippen MR) is 138 cm³/mol. The van der Waals surface area contributed by atoms with Crippen LogP contribution in [-0.4, -0.2) is 50.9 Å². The number of hydrogen-bond donors (Lipinski definition) is 1. The van der Waals surface area contributed by atoms with Crippen LogP contribution in [0.2, 0.25) is 0 Å². The van der Waals surface area contributed by atoms with Crippen LogP contribution in [-0.2, 0) is 4.74 Å². The number of fused-ring (bicyclic) bond motifs is 1. The Morgan fingerprint density at radius 1 is 1.11 bits per heavy atom. The molecule has 2 aromatic carbocycles. The first-order valence-electron chi connectivity index (χ1n) is 14.0. The highest BCUT2D eigenvalue weighted by Crippen LogP contribution is 2.29. The van der Waals surface area contributed by atoms with E-state index in [0.29, 0.717) is 35.9 Å². The number of likely N-dealkylation sites (tertiary alicyclic amines) is 1. The highest BCUT2D eigenvalue weighted by Gasteiger charge is 2.28. The molecule has 4 rings (SSSR count). The van der Waals surface area contributed by atoms with Gasteiger partial charge in [0, 0.05) is 36.1 Å². The molecule has 2 amide bonds. The van der Waals surface area contributed by atoms with Crippen LogP contribution in [0, 0.1) is 0 Å². The molecule has 35 heavy (non-hydrogen) atoms. The largest absolute Gasteiger partial charge is 0.444 e. The fraction of sp³-hybridized carbons (Fsp3) is 0.464. The van der Waals surface area contributed by atoms with Crippen LogP contribution < -0.4 is 5.32 Å². The second-order valence-corrected chi connectivity index (χ2v) is 11.0. The third kappa shape index (κ3) is 6.02. The molecule has 0 bridgehead atoms. The smallest absolute Gasteiger partial charge is 0.410 e. The number of nitrogens with zero attached hydrogens (tertiary/aromatic N) is 3. The number of piperidine rings is 1. The standard InChI is InChI=1S/C28H36N4O3/c1-27(2,3)29-25(33)23-11-7-9-21-18-32(30-24(21)23)22-14-12-19(13-15-22)20-10-8-16-31(17-20)26(34)35-28(4,5)6/h7,9,11-15,18,20H,8,10,16-17H2,1-6H3,(H,29,33)/i12D,13D,14D,15D. The summed E-state index contributed by atoms with van der Waals surface area (Å²) in [6.45, 7) is 11.8. The Bertz CT molecular complexity index is 1410. The molecule has 1 aliphatic rings. The van der Waals surface area contributed by atoms with E-state index in [1.54, 1.807) is 50.1 Å². The Morgan fingerprint density at radius 3 is 2.49 bits per heavy atom. The molecule has 1 fully saturated rings. The van der Waals surface area contributed by atoms with E-state index in [4.69, 9.17) is 10.2 Å². The quantitative estimate of drug-likeness (QED) is 0.524. The van der Waals surface area contributed by atoms with Crippen LogP contribution in [0.25, 0.3) is 16.6 Å². The highest BCUT2D eigenvalue weighted by molar-refractivity contribution is 6.05. The molecule has 0 spiro atoms. The zero-order chi connectivity index (χ0) is 28.9. The van der Waals surface area contributed by atoms with Crippen molar-refractivity contribution in [2.24, 2.45) is 0 Å². The molecule has 1 saturated heterocycles. The van der Waals surface area contributed by atoms with Crippen LogP contribution in [0.1, 0.15) is 81.7 Å². The van der Waals surface area contributed by atoms with Gasteiger partial charge in [-0.1, -0.05) is 24.2 Å². The number of nitrogens with one attached hydrogen (secondary N) is 1. The Labute approximate surface area is 213 Å². The third-order valence-corrected chi connectivity index (χ3v) is 5.61. The van der Waals surface area contributed by atoms with E-state index in [9.17, 15) is 9.59 Å². The van der Waals surface area contributed by atoms with Gasteiger partial charge in [-0.15, -0.1) is 0 Å². The maximum Gasteiger partial charge on any atom is 0.410 e. The van der Waals surface area contributed by atoms with E-state index in [-0.39, 0.29) is 53.8 Å². The van der Waals surface area contributed by atoms with Crippen molar-refractivity contribution in [1.82, 2.24) is 20.0 Å². The molecule has 0 saturated carbocycles. The summed E-state index contributed by atoms with van der Waals surface area (Å²) in [4.78, 5) is 27.1. The summed E-state index contributed by atoms with van der Waals surface area (Å²) in [5, 5.41) is 8.09. The average Bonchev–Trinajstić information content (AvgIpc) is 3.25. The van der Waals surface area contributed by atoms with Gasteiger partial charge in [0.05, 0.1) is 16.7 Å². The maximum absolute atomic E-state index is 12.9. The second-order valence-electron chi connectivity index (χ2n) is 11.0. The molecule has 1 unspecified atom stereocenters. The van der Waals surface area contributed by atoms with Crippen molar-refractivity contribution < 1.29 is 19.8 Å². The fourth-order valence-corrected chi connectivity index (χ4v) is 4.09. The maximum atomic E-state index is 12.9. The summed E-state index contributed by atoms with van der Waals surface area (Å²) in [5.74, 6) is -0.655. The first-order valence-corrected chi connectivity index (χ1v) is 12.0. The van der Waals surface area contributed by atoms with E-state index >= 15 is 0 Å². The molecular weight excluding hydrogens is 440 g/mol. The summed E-state index contributed by atoms with van der Waals surface area (Å²) in [6, 6.07) is 4.41. The molecule has 7 nitrogen and oxygen atoms in total. The third-order valence-electron chi connectivity index (χ3n) is 5.61. The number of rotatable bonds is 3. The van der Waals surface area contributed by atoms with Crippen molar-refractivity contribution in [3.05, 3.63) is 59.7 Å². The molecule has 1 N–H and O–H groups in total. The summed E-state index contributed by atoms with van der Waals surface area (Å²) >= 11 is 0. The Balaban J connectivity index is 1.72. The lowest BCUT2D eigenvalue weighted by Gasteiger charge is -2.34. The molecule has 0 radical (unpaired) electrons. The van der Waals surface area contributed by atoms with Crippen LogP contribution in [0.15, 0.2) is 48.6 Å². The zero-order valence-corrected chi connectivity index (χ0v) is 21.3. The van der Waals surface area contributed by atoms with Crippen LogP contribution in [0.5, 0.6) is 0 Å².